The third-order valence-electron chi connectivity index (χ3n) is 3.76. The number of hydrogen-bond donors (Lipinski definition) is 3. The second-order valence-electron chi connectivity index (χ2n) is 5.34. The van der Waals surface area contributed by atoms with Gasteiger partial charge in [0.2, 0.25) is 5.91 Å². The van der Waals surface area contributed by atoms with Crippen molar-refractivity contribution in [3.8, 4) is 0 Å². The first-order valence-corrected chi connectivity index (χ1v) is 8.23. The predicted octanol–water partition coefficient (Wildman–Crippen LogP) is 0.406. The molecule has 1 unspecified atom stereocenters. The minimum Gasteiger partial charge on any atom is -0.383 e. The number of likely N-dealkylation sites (N-methyl/N-ethyl adjacent to an activating group) is 1. The summed E-state index contributed by atoms with van der Waals surface area (Å²) in [6.45, 7) is 9.28. The topological polar surface area (TPSA) is 78.0 Å². The molecule has 0 bridgehead atoms. The van der Waals surface area contributed by atoms with Crippen molar-refractivity contribution in [2.45, 2.75) is 32.7 Å². The van der Waals surface area contributed by atoms with Crippen LogP contribution < -0.4 is 16.0 Å². The van der Waals surface area contributed by atoms with E-state index in [9.17, 15) is 4.79 Å². The lowest BCUT2D eigenvalue weighted by Gasteiger charge is -2.23. The average Bonchev–Trinajstić information content (AvgIpc) is 2.98. The number of amides is 1. The normalized spacial score (nSPS) is 18.4. The molecular weight excluding hydrogens is 409 g/mol. The van der Waals surface area contributed by atoms with E-state index >= 15 is 0 Å². The van der Waals surface area contributed by atoms with Gasteiger partial charge < -0.3 is 20.7 Å². The van der Waals surface area contributed by atoms with Crippen LogP contribution in [0.2, 0.25) is 0 Å². The van der Waals surface area contributed by atoms with Gasteiger partial charge in [0.15, 0.2) is 5.96 Å². The summed E-state index contributed by atoms with van der Waals surface area (Å²) in [7, 11) is 1.61. The van der Waals surface area contributed by atoms with Gasteiger partial charge in [-0.15, -0.1) is 24.0 Å². The molecule has 0 spiro atoms. The number of carbonyl (C=O) groups is 1. The quantitative estimate of drug-likeness (QED) is 0.209. The van der Waals surface area contributed by atoms with Crippen molar-refractivity contribution >= 4 is 35.8 Å². The highest BCUT2D eigenvalue weighted by molar-refractivity contribution is 14.0. The van der Waals surface area contributed by atoms with E-state index < -0.39 is 0 Å². The Bertz CT molecular complexity index is 355. The van der Waals surface area contributed by atoms with Gasteiger partial charge in [0.25, 0.3) is 0 Å². The number of carbonyl (C=O) groups excluding carboxylic acids is 1. The van der Waals surface area contributed by atoms with E-state index in [4.69, 9.17) is 4.74 Å². The number of aliphatic imine (C=N–C) groups is 1. The molecule has 1 aliphatic heterocycles. The molecule has 1 saturated heterocycles. The van der Waals surface area contributed by atoms with E-state index in [2.05, 4.69) is 32.8 Å². The van der Waals surface area contributed by atoms with Crippen molar-refractivity contribution in [3.63, 3.8) is 0 Å². The summed E-state index contributed by atoms with van der Waals surface area (Å²) in [5, 5.41) is 9.28. The third-order valence-corrected chi connectivity index (χ3v) is 3.76. The SMILES string of the molecule is CCNC(=NCC(=O)NCCOC)NCC1CCCN1CC.I. The van der Waals surface area contributed by atoms with Gasteiger partial charge >= 0.3 is 0 Å². The molecule has 0 saturated carbocycles. The van der Waals surface area contributed by atoms with Crippen molar-refractivity contribution in [1.82, 2.24) is 20.9 Å². The summed E-state index contributed by atoms with van der Waals surface area (Å²) < 4.78 is 4.89. The van der Waals surface area contributed by atoms with Crippen molar-refractivity contribution in [2.24, 2.45) is 4.99 Å². The van der Waals surface area contributed by atoms with Gasteiger partial charge in [-0.2, -0.15) is 0 Å². The summed E-state index contributed by atoms with van der Waals surface area (Å²) in [6.07, 6.45) is 2.48. The molecule has 1 fully saturated rings. The molecule has 0 aliphatic carbocycles. The lowest BCUT2D eigenvalue weighted by atomic mass is 10.2. The predicted molar refractivity (Wildman–Crippen MR) is 105 cm³/mol. The van der Waals surface area contributed by atoms with E-state index in [0.29, 0.717) is 25.2 Å². The number of ether oxygens (including phenoxy) is 1. The number of nitrogens with one attached hydrogen (secondary N) is 3. The number of guanidine groups is 1. The molecule has 3 N–H and O–H groups in total. The third kappa shape index (κ3) is 9.31. The first kappa shape index (κ1) is 22.4. The maximum absolute atomic E-state index is 11.6. The maximum Gasteiger partial charge on any atom is 0.241 e. The largest absolute Gasteiger partial charge is 0.383 e. The van der Waals surface area contributed by atoms with Crippen LogP contribution in [0, 0.1) is 0 Å². The standard InChI is InChI=1S/C15H31N5O2.HI/c1-4-16-15(19-12-14(21)17-8-10-22-3)18-11-13-7-6-9-20(13)5-2;/h13H,4-12H2,1-3H3,(H,17,21)(H2,16,18,19);1H. The van der Waals surface area contributed by atoms with Crippen LogP contribution in [0.3, 0.4) is 0 Å². The van der Waals surface area contributed by atoms with Crippen LogP contribution in [0.25, 0.3) is 0 Å². The highest BCUT2D eigenvalue weighted by Crippen LogP contribution is 2.15. The van der Waals surface area contributed by atoms with Crippen molar-refractivity contribution in [2.75, 3.05) is 53.0 Å². The molecule has 23 heavy (non-hydrogen) atoms. The highest BCUT2D eigenvalue weighted by Gasteiger charge is 2.22. The average molecular weight is 441 g/mol. The molecule has 1 atom stereocenters. The number of methoxy groups -OCH3 is 1. The molecule has 8 heteroatoms. The fourth-order valence-corrected chi connectivity index (χ4v) is 2.60. The van der Waals surface area contributed by atoms with Gasteiger partial charge in [-0.3, -0.25) is 9.69 Å². The Morgan fingerprint density at radius 3 is 2.74 bits per heavy atom. The zero-order chi connectivity index (χ0) is 16.2. The molecule has 136 valence electrons. The molecule has 1 aliphatic rings. The highest BCUT2D eigenvalue weighted by atomic mass is 127. The lowest BCUT2D eigenvalue weighted by Crippen LogP contribution is -2.45. The first-order chi connectivity index (χ1) is 10.7. The molecular formula is C15H32IN5O2. The molecule has 0 aromatic heterocycles. The fraction of sp³-hybridized carbons (Fsp3) is 0.867. The van der Waals surface area contributed by atoms with Gasteiger partial charge in [0.1, 0.15) is 6.54 Å². The van der Waals surface area contributed by atoms with E-state index in [1.54, 1.807) is 7.11 Å². The fourth-order valence-electron chi connectivity index (χ4n) is 2.60. The van der Waals surface area contributed by atoms with Gasteiger partial charge in [-0.1, -0.05) is 6.92 Å². The zero-order valence-corrected chi connectivity index (χ0v) is 16.9. The van der Waals surface area contributed by atoms with Crippen molar-refractivity contribution < 1.29 is 9.53 Å². The van der Waals surface area contributed by atoms with Gasteiger partial charge in [0, 0.05) is 32.8 Å². The number of rotatable bonds is 9. The van der Waals surface area contributed by atoms with E-state index in [0.717, 1.165) is 19.6 Å². The van der Waals surface area contributed by atoms with Gasteiger partial charge in [-0.05, 0) is 32.9 Å². The maximum atomic E-state index is 11.6. The second-order valence-corrected chi connectivity index (χ2v) is 5.34. The van der Waals surface area contributed by atoms with Crippen LogP contribution in [0.15, 0.2) is 4.99 Å². The molecule has 0 aromatic rings. The Morgan fingerprint density at radius 1 is 1.30 bits per heavy atom. The van der Waals surface area contributed by atoms with Gasteiger partial charge in [0.05, 0.1) is 6.61 Å². The Hall–Kier alpha value is -0.610. The number of nitrogens with zero attached hydrogens (tertiary/aromatic N) is 2. The Labute approximate surface area is 157 Å². The summed E-state index contributed by atoms with van der Waals surface area (Å²) in [6, 6.07) is 0.560. The lowest BCUT2D eigenvalue weighted by molar-refractivity contribution is -0.119. The number of likely N-dealkylation sites (tertiary alicyclic amines) is 1. The summed E-state index contributed by atoms with van der Waals surface area (Å²) in [5.74, 6) is 0.609. The first-order valence-electron chi connectivity index (χ1n) is 8.23. The molecule has 7 nitrogen and oxygen atoms in total. The summed E-state index contributed by atoms with van der Waals surface area (Å²) in [5.41, 5.74) is 0. The van der Waals surface area contributed by atoms with E-state index in [1.807, 2.05) is 6.92 Å². The van der Waals surface area contributed by atoms with Crippen LogP contribution in [-0.4, -0.2) is 75.8 Å². The van der Waals surface area contributed by atoms with Crippen LogP contribution in [0.1, 0.15) is 26.7 Å². The zero-order valence-electron chi connectivity index (χ0n) is 14.6. The molecule has 0 radical (unpaired) electrons. The summed E-state index contributed by atoms with van der Waals surface area (Å²) in [4.78, 5) is 18.5. The van der Waals surface area contributed by atoms with E-state index in [-0.39, 0.29) is 36.4 Å². The number of halogens is 1. The minimum atomic E-state index is -0.0923. The molecule has 1 rings (SSSR count). The molecule has 0 aromatic carbocycles. The Kier molecular flexibility index (Phi) is 13.4. The van der Waals surface area contributed by atoms with Crippen molar-refractivity contribution in [3.05, 3.63) is 0 Å². The smallest absolute Gasteiger partial charge is 0.241 e. The monoisotopic (exact) mass is 441 g/mol. The minimum absolute atomic E-state index is 0. The Balaban J connectivity index is 0.00000484. The number of hydrogen-bond acceptors (Lipinski definition) is 4. The molecule has 1 heterocycles. The van der Waals surface area contributed by atoms with Crippen molar-refractivity contribution in [1.29, 1.82) is 0 Å². The van der Waals surface area contributed by atoms with Crippen LogP contribution in [0.4, 0.5) is 0 Å². The summed E-state index contributed by atoms with van der Waals surface area (Å²) >= 11 is 0. The van der Waals surface area contributed by atoms with E-state index in [1.165, 1.54) is 19.4 Å². The van der Waals surface area contributed by atoms with Crippen LogP contribution in [0.5, 0.6) is 0 Å². The second kappa shape index (κ2) is 13.8. The van der Waals surface area contributed by atoms with Crippen LogP contribution >= 0.6 is 24.0 Å². The van der Waals surface area contributed by atoms with Crippen LogP contribution in [-0.2, 0) is 9.53 Å². The molecule has 1 amide bonds. The van der Waals surface area contributed by atoms with Gasteiger partial charge in [-0.25, -0.2) is 4.99 Å². The Morgan fingerprint density at radius 2 is 2.09 bits per heavy atom.